The van der Waals surface area contributed by atoms with Crippen molar-refractivity contribution in [1.29, 1.82) is 0 Å². The van der Waals surface area contributed by atoms with E-state index in [0.717, 1.165) is 31.2 Å². The molecule has 0 spiro atoms. The maximum absolute atomic E-state index is 12.2. The smallest absolute Gasteiger partial charge is 0.314 e. The Morgan fingerprint density at radius 3 is 2.29 bits per heavy atom. The Kier molecular flexibility index (Phi) is 7.14. The summed E-state index contributed by atoms with van der Waals surface area (Å²) in [6.45, 7) is 23.0. The number of rotatable bonds is 5. The number of nitrogens with one attached hydrogen (secondary N) is 2. The van der Waals surface area contributed by atoms with Gasteiger partial charge in [-0.05, 0) is 141 Å². The highest BCUT2D eigenvalue weighted by atomic mass is 16.3. The zero-order valence-electron chi connectivity index (χ0n) is 25.7. The molecule has 2 amide bonds. The van der Waals surface area contributed by atoms with Gasteiger partial charge in [0.05, 0.1) is 6.10 Å². The van der Waals surface area contributed by atoms with Gasteiger partial charge in [0.25, 0.3) is 0 Å². The average molecular weight is 527 g/mol. The van der Waals surface area contributed by atoms with Crippen LogP contribution in [0.5, 0.6) is 0 Å². The van der Waals surface area contributed by atoms with Crippen molar-refractivity contribution < 1.29 is 9.90 Å². The number of fused-ring (bicyclic) bond motifs is 7. The summed E-state index contributed by atoms with van der Waals surface area (Å²) >= 11 is 0. The molecule has 5 fully saturated rings. The number of carbonyl (C=O) groups excluding carboxylic acids is 1. The van der Waals surface area contributed by atoms with Crippen LogP contribution in [0.25, 0.3) is 0 Å². The molecule has 0 heterocycles. The number of hydrogen-bond acceptors (Lipinski definition) is 2. The maximum atomic E-state index is 12.2. The van der Waals surface area contributed by atoms with E-state index in [0.29, 0.717) is 46.0 Å². The second-order valence-corrected chi connectivity index (χ2v) is 16.0. The summed E-state index contributed by atoms with van der Waals surface area (Å²) in [7, 11) is 0. The van der Waals surface area contributed by atoms with Gasteiger partial charge in [0.15, 0.2) is 0 Å². The summed E-state index contributed by atoms with van der Waals surface area (Å²) in [5, 5.41) is 17.1. The molecular formula is C34H58N2O2. The zero-order valence-corrected chi connectivity index (χ0v) is 25.7. The van der Waals surface area contributed by atoms with E-state index in [1.54, 1.807) is 0 Å². The summed E-state index contributed by atoms with van der Waals surface area (Å²) in [4.78, 5) is 12.2. The fraction of sp³-hybridized carbons (Fsp3) is 0.912. The molecule has 38 heavy (non-hydrogen) atoms. The first-order valence-corrected chi connectivity index (χ1v) is 16.1. The third kappa shape index (κ3) is 3.88. The van der Waals surface area contributed by atoms with E-state index >= 15 is 0 Å². The number of aliphatic hydroxyl groups is 1. The average Bonchev–Trinajstić information content (AvgIpc) is 3.22. The Morgan fingerprint density at radius 2 is 1.61 bits per heavy atom. The fourth-order valence-electron chi connectivity index (χ4n) is 12.3. The van der Waals surface area contributed by atoms with Crippen molar-refractivity contribution >= 4 is 6.03 Å². The molecule has 0 aliphatic heterocycles. The fourth-order valence-corrected chi connectivity index (χ4v) is 12.3. The topological polar surface area (TPSA) is 61.4 Å². The Bertz CT molecular complexity index is 945. The third-order valence-corrected chi connectivity index (χ3v) is 14.5. The van der Waals surface area contributed by atoms with Gasteiger partial charge in [-0.3, -0.25) is 0 Å². The molecule has 5 rings (SSSR count). The van der Waals surface area contributed by atoms with Crippen LogP contribution in [-0.4, -0.2) is 30.3 Å². The van der Waals surface area contributed by atoms with Crippen molar-refractivity contribution in [2.45, 2.75) is 125 Å². The highest BCUT2D eigenvalue weighted by molar-refractivity contribution is 5.73. The molecule has 5 saturated carbocycles. The predicted molar refractivity (Wildman–Crippen MR) is 157 cm³/mol. The number of urea groups is 1. The minimum absolute atomic E-state index is 0.0152. The van der Waals surface area contributed by atoms with Gasteiger partial charge in [-0.2, -0.15) is 0 Å². The lowest BCUT2D eigenvalue weighted by molar-refractivity contribution is -0.247. The second kappa shape index (κ2) is 9.52. The van der Waals surface area contributed by atoms with E-state index in [1.807, 2.05) is 6.92 Å². The lowest BCUT2D eigenvalue weighted by Crippen LogP contribution is -2.66. The molecule has 0 aromatic rings. The second-order valence-electron chi connectivity index (χ2n) is 16.0. The zero-order chi connectivity index (χ0) is 27.7. The van der Waals surface area contributed by atoms with Crippen molar-refractivity contribution in [2.24, 2.45) is 56.7 Å². The quantitative estimate of drug-likeness (QED) is 0.321. The molecule has 4 heteroatoms. The van der Waals surface area contributed by atoms with Gasteiger partial charge >= 0.3 is 6.03 Å². The van der Waals surface area contributed by atoms with Gasteiger partial charge in [-0.25, -0.2) is 4.79 Å². The predicted octanol–water partition coefficient (Wildman–Crippen LogP) is 7.71. The van der Waals surface area contributed by atoms with Crippen LogP contribution >= 0.6 is 0 Å². The number of carbonyl (C=O) groups is 1. The van der Waals surface area contributed by atoms with Crippen molar-refractivity contribution in [2.75, 3.05) is 13.1 Å². The number of hydrogen-bond donors (Lipinski definition) is 3. The highest BCUT2D eigenvalue weighted by Gasteiger charge is 2.70. The van der Waals surface area contributed by atoms with Gasteiger partial charge in [-0.15, -0.1) is 0 Å². The SMILES string of the molecule is C=C(C)[C@@H]1CC[C@]2(CCNC(=O)NCC)CC[C@]3(C)[C@H](CC[C@@H]4[C@@]5(C)CC[C@H](O)C(C)(C)[C@@H]5CC[C@]43C)[C@@H]12. The van der Waals surface area contributed by atoms with Crippen LogP contribution in [0.3, 0.4) is 0 Å². The minimum atomic E-state index is -0.157. The minimum Gasteiger partial charge on any atom is -0.393 e. The molecule has 10 atom stereocenters. The van der Waals surface area contributed by atoms with E-state index in [4.69, 9.17) is 0 Å². The van der Waals surface area contributed by atoms with Gasteiger partial charge in [0.1, 0.15) is 0 Å². The summed E-state index contributed by atoms with van der Waals surface area (Å²) in [5.74, 6) is 3.43. The molecule has 0 saturated heterocycles. The number of allylic oxidation sites excluding steroid dienone is 1. The lowest BCUT2D eigenvalue weighted by atomic mass is 9.32. The normalized spacial score (nSPS) is 49.2. The molecule has 3 N–H and O–H groups in total. The number of amides is 2. The van der Waals surface area contributed by atoms with Crippen LogP contribution < -0.4 is 10.6 Å². The molecule has 5 aliphatic carbocycles. The first kappa shape index (κ1) is 28.5. The Morgan fingerprint density at radius 1 is 0.868 bits per heavy atom. The molecule has 0 unspecified atom stereocenters. The molecule has 4 nitrogen and oxygen atoms in total. The number of aliphatic hydroxyl groups excluding tert-OH is 1. The van der Waals surface area contributed by atoms with Crippen molar-refractivity contribution in [1.82, 2.24) is 10.6 Å². The lowest BCUT2D eigenvalue weighted by Gasteiger charge is -2.73. The monoisotopic (exact) mass is 526 g/mol. The first-order valence-electron chi connectivity index (χ1n) is 16.1. The van der Waals surface area contributed by atoms with Crippen molar-refractivity contribution in [3.63, 3.8) is 0 Å². The summed E-state index contributed by atoms with van der Waals surface area (Å²) in [6, 6.07) is -0.0194. The molecule has 0 aromatic carbocycles. The maximum Gasteiger partial charge on any atom is 0.314 e. The molecule has 0 bridgehead atoms. The Balaban J connectivity index is 1.46. The molecule has 0 radical (unpaired) electrons. The first-order chi connectivity index (χ1) is 17.8. The van der Waals surface area contributed by atoms with Gasteiger partial charge in [-0.1, -0.05) is 46.8 Å². The van der Waals surface area contributed by atoms with Crippen LogP contribution in [-0.2, 0) is 0 Å². The van der Waals surface area contributed by atoms with Crippen LogP contribution in [0.1, 0.15) is 119 Å². The van der Waals surface area contributed by atoms with Crippen LogP contribution in [0.15, 0.2) is 12.2 Å². The van der Waals surface area contributed by atoms with Crippen LogP contribution in [0.4, 0.5) is 4.79 Å². The molecule has 216 valence electrons. The standard InChI is InChI=1S/C34H58N2O2/c1-9-35-29(38)36-21-20-34-17-12-23(22(2)3)28(34)24-10-11-26-31(6)15-14-27(37)30(4,5)25(31)13-16-33(26,8)32(24,7)18-19-34/h23-28,37H,2,9-21H2,1,3-8H3,(H2,35,36,38)/t23-,24+,25-,26+,27-,28+,31-,32+,33+,34+/m0/s1. The van der Waals surface area contributed by atoms with Gasteiger partial charge < -0.3 is 15.7 Å². The van der Waals surface area contributed by atoms with E-state index in [9.17, 15) is 9.90 Å². The van der Waals surface area contributed by atoms with E-state index < -0.39 is 0 Å². The highest BCUT2D eigenvalue weighted by Crippen LogP contribution is 2.77. The van der Waals surface area contributed by atoms with E-state index in [-0.39, 0.29) is 17.6 Å². The van der Waals surface area contributed by atoms with Crippen molar-refractivity contribution in [3.8, 4) is 0 Å². The van der Waals surface area contributed by atoms with Crippen LogP contribution in [0, 0.1) is 56.7 Å². The van der Waals surface area contributed by atoms with E-state index in [2.05, 4.69) is 58.8 Å². The van der Waals surface area contributed by atoms with E-state index in [1.165, 1.54) is 63.4 Å². The summed E-state index contributed by atoms with van der Waals surface area (Å²) in [6.07, 6.45) is 13.6. The van der Waals surface area contributed by atoms with Crippen molar-refractivity contribution in [3.05, 3.63) is 12.2 Å². The summed E-state index contributed by atoms with van der Waals surface area (Å²) in [5.41, 5.74) is 2.79. The molecule has 0 aromatic heterocycles. The third-order valence-electron chi connectivity index (χ3n) is 14.5. The Hall–Kier alpha value is -1.03. The largest absolute Gasteiger partial charge is 0.393 e. The molecular weight excluding hydrogens is 468 g/mol. The van der Waals surface area contributed by atoms with Gasteiger partial charge in [0.2, 0.25) is 0 Å². The van der Waals surface area contributed by atoms with Crippen LogP contribution in [0.2, 0.25) is 0 Å². The Labute approximate surface area is 233 Å². The summed E-state index contributed by atoms with van der Waals surface area (Å²) < 4.78 is 0. The molecule has 5 aliphatic rings. The van der Waals surface area contributed by atoms with Gasteiger partial charge in [0, 0.05) is 13.1 Å².